The molecule has 0 unspecified atom stereocenters. The standard InChI is InChI=1S/C11H6Br3ClN2O2S/c12-6-1-2-10(8(13)3-6)20(18,19)17-7-4-9(14)11(15)16-5-7/h1-5,17H. The molecule has 9 heteroatoms. The molecule has 0 fully saturated rings. The number of pyridine rings is 1. The van der Waals surface area contributed by atoms with Crippen LogP contribution in [0.5, 0.6) is 0 Å². The summed E-state index contributed by atoms with van der Waals surface area (Å²) in [7, 11) is -3.71. The van der Waals surface area contributed by atoms with Crippen LogP contribution in [0, 0.1) is 0 Å². The average molecular weight is 505 g/mol. The summed E-state index contributed by atoms with van der Waals surface area (Å²) in [6.07, 6.45) is 1.34. The summed E-state index contributed by atoms with van der Waals surface area (Å²) in [5.74, 6) is 0. The van der Waals surface area contributed by atoms with Gasteiger partial charge < -0.3 is 0 Å². The molecule has 0 radical (unpaired) electrons. The van der Waals surface area contributed by atoms with Crippen LogP contribution in [0.25, 0.3) is 0 Å². The molecule has 0 saturated carbocycles. The lowest BCUT2D eigenvalue weighted by molar-refractivity contribution is 0.600. The molecule has 2 rings (SSSR count). The summed E-state index contributed by atoms with van der Waals surface area (Å²) in [6.45, 7) is 0. The van der Waals surface area contributed by atoms with Gasteiger partial charge in [0.2, 0.25) is 0 Å². The Kier molecular flexibility index (Phi) is 5.12. The van der Waals surface area contributed by atoms with E-state index in [4.69, 9.17) is 11.6 Å². The van der Waals surface area contributed by atoms with Crippen molar-refractivity contribution in [2.75, 3.05) is 4.72 Å². The van der Waals surface area contributed by atoms with E-state index >= 15 is 0 Å². The quantitative estimate of drug-likeness (QED) is 0.609. The molecule has 2 aromatic rings. The summed E-state index contributed by atoms with van der Waals surface area (Å²) in [6, 6.07) is 6.34. The highest BCUT2D eigenvalue weighted by Crippen LogP contribution is 2.28. The van der Waals surface area contributed by atoms with Crippen LogP contribution >= 0.6 is 59.4 Å². The molecular weight excluding hydrogens is 499 g/mol. The topological polar surface area (TPSA) is 59.1 Å². The number of halogens is 4. The highest BCUT2D eigenvalue weighted by molar-refractivity contribution is 9.11. The van der Waals surface area contributed by atoms with Crippen molar-refractivity contribution in [2.24, 2.45) is 0 Å². The van der Waals surface area contributed by atoms with Crippen molar-refractivity contribution >= 4 is 75.1 Å². The molecule has 0 aliphatic carbocycles. The Morgan fingerprint density at radius 1 is 1.10 bits per heavy atom. The van der Waals surface area contributed by atoms with E-state index in [0.717, 1.165) is 4.47 Å². The number of aromatic nitrogens is 1. The van der Waals surface area contributed by atoms with Gasteiger partial charge in [-0.3, -0.25) is 4.72 Å². The second kappa shape index (κ2) is 6.31. The van der Waals surface area contributed by atoms with Gasteiger partial charge in [0.05, 0.1) is 16.4 Å². The predicted molar refractivity (Wildman–Crippen MR) is 89.6 cm³/mol. The number of benzene rings is 1. The van der Waals surface area contributed by atoms with E-state index in [1.165, 1.54) is 12.3 Å². The fraction of sp³-hybridized carbons (Fsp3) is 0. The van der Waals surface area contributed by atoms with Gasteiger partial charge >= 0.3 is 0 Å². The summed E-state index contributed by atoms with van der Waals surface area (Å²) in [5, 5.41) is 0.262. The van der Waals surface area contributed by atoms with Crippen molar-refractivity contribution in [1.29, 1.82) is 0 Å². The maximum absolute atomic E-state index is 12.3. The van der Waals surface area contributed by atoms with Gasteiger partial charge in [-0.1, -0.05) is 27.5 Å². The van der Waals surface area contributed by atoms with Gasteiger partial charge in [-0.15, -0.1) is 0 Å². The Labute approximate surface area is 146 Å². The van der Waals surface area contributed by atoms with Crippen LogP contribution in [0.1, 0.15) is 0 Å². The molecule has 0 aliphatic heterocycles. The third-order valence-corrected chi connectivity index (χ3v) is 6.22. The monoisotopic (exact) mass is 502 g/mol. The Hall–Kier alpha value is -0.150. The summed E-state index contributed by atoms with van der Waals surface area (Å²) >= 11 is 15.5. The minimum atomic E-state index is -3.71. The van der Waals surface area contributed by atoms with Crippen molar-refractivity contribution < 1.29 is 8.42 Å². The molecule has 0 saturated heterocycles. The number of nitrogens with one attached hydrogen (secondary N) is 1. The maximum atomic E-state index is 12.3. The van der Waals surface area contributed by atoms with E-state index in [-0.39, 0.29) is 10.0 Å². The third-order valence-electron chi connectivity index (χ3n) is 2.23. The molecule has 106 valence electrons. The highest BCUT2D eigenvalue weighted by atomic mass is 79.9. The van der Waals surface area contributed by atoms with Crippen molar-refractivity contribution in [3.05, 3.63) is 49.0 Å². The normalized spacial score (nSPS) is 11.4. The highest BCUT2D eigenvalue weighted by Gasteiger charge is 2.18. The van der Waals surface area contributed by atoms with Crippen molar-refractivity contribution in [2.45, 2.75) is 4.90 Å². The molecule has 20 heavy (non-hydrogen) atoms. The fourth-order valence-corrected chi connectivity index (χ4v) is 4.61. The van der Waals surface area contributed by atoms with E-state index in [0.29, 0.717) is 14.6 Å². The van der Waals surface area contributed by atoms with Gasteiger partial charge in [-0.2, -0.15) is 0 Å². The number of hydrogen-bond donors (Lipinski definition) is 1. The van der Waals surface area contributed by atoms with Crippen LogP contribution in [0.15, 0.2) is 48.8 Å². The first-order valence-electron chi connectivity index (χ1n) is 5.08. The van der Waals surface area contributed by atoms with Crippen molar-refractivity contribution in [3.8, 4) is 0 Å². The molecule has 0 aliphatic rings. The van der Waals surface area contributed by atoms with E-state index in [1.54, 1.807) is 18.2 Å². The molecule has 1 N–H and O–H groups in total. The zero-order valence-electron chi connectivity index (χ0n) is 9.57. The van der Waals surface area contributed by atoms with Crippen LogP contribution in [0.4, 0.5) is 5.69 Å². The Morgan fingerprint density at radius 2 is 1.80 bits per heavy atom. The van der Waals surface area contributed by atoms with Crippen molar-refractivity contribution in [1.82, 2.24) is 4.98 Å². The van der Waals surface area contributed by atoms with E-state index in [9.17, 15) is 8.42 Å². The van der Waals surface area contributed by atoms with E-state index < -0.39 is 10.0 Å². The van der Waals surface area contributed by atoms with Gasteiger partial charge in [0, 0.05) is 8.95 Å². The minimum absolute atomic E-state index is 0.131. The largest absolute Gasteiger partial charge is 0.278 e. The van der Waals surface area contributed by atoms with Gasteiger partial charge in [-0.25, -0.2) is 13.4 Å². The fourth-order valence-electron chi connectivity index (χ4n) is 1.38. The zero-order valence-corrected chi connectivity index (χ0v) is 15.9. The molecule has 0 spiro atoms. The number of anilines is 1. The van der Waals surface area contributed by atoms with Gasteiger partial charge in [-0.05, 0) is 56.1 Å². The minimum Gasteiger partial charge on any atom is -0.278 e. The van der Waals surface area contributed by atoms with Crippen LogP contribution in [0.2, 0.25) is 5.15 Å². The van der Waals surface area contributed by atoms with Gasteiger partial charge in [0.15, 0.2) is 0 Å². The number of rotatable bonds is 3. The molecule has 0 amide bonds. The van der Waals surface area contributed by atoms with E-state index in [2.05, 4.69) is 57.5 Å². The van der Waals surface area contributed by atoms with Gasteiger partial charge in [0.25, 0.3) is 10.0 Å². The number of nitrogens with zero attached hydrogens (tertiary/aromatic N) is 1. The first kappa shape index (κ1) is 16.2. The SMILES string of the molecule is O=S(=O)(Nc1cnc(Cl)c(Br)c1)c1ccc(Br)cc1Br. The Morgan fingerprint density at radius 3 is 2.40 bits per heavy atom. The molecule has 4 nitrogen and oxygen atoms in total. The molecule has 0 atom stereocenters. The zero-order chi connectivity index (χ0) is 14.9. The predicted octanol–water partition coefficient (Wildman–Crippen LogP) is 4.82. The molecule has 1 aromatic heterocycles. The van der Waals surface area contributed by atoms with E-state index in [1.807, 2.05) is 0 Å². The Balaban J connectivity index is 2.38. The van der Waals surface area contributed by atoms with Crippen LogP contribution < -0.4 is 4.72 Å². The molecule has 1 aromatic carbocycles. The third kappa shape index (κ3) is 3.73. The second-order valence-electron chi connectivity index (χ2n) is 3.68. The lowest BCUT2D eigenvalue weighted by Crippen LogP contribution is -2.13. The van der Waals surface area contributed by atoms with Crippen LogP contribution in [0.3, 0.4) is 0 Å². The lowest BCUT2D eigenvalue weighted by atomic mass is 10.4. The summed E-state index contributed by atoms with van der Waals surface area (Å²) in [5.41, 5.74) is 0.316. The second-order valence-corrected chi connectivity index (χ2v) is 8.31. The van der Waals surface area contributed by atoms with Crippen LogP contribution in [-0.4, -0.2) is 13.4 Å². The van der Waals surface area contributed by atoms with Crippen molar-refractivity contribution in [3.63, 3.8) is 0 Å². The Bertz CT molecular complexity index is 768. The lowest BCUT2D eigenvalue weighted by Gasteiger charge is -2.10. The number of sulfonamides is 1. The summed E-state index contributed by atoms with van der Waals surface area (Å²) in [4.78, 5) is 4.00. The van der Waals surface area contributed by atoms with Crippen LogP contribution in [-0.2, 0) is 10.0 Å². The first-order valence-corrected chi connectivity index (χ1v) is 9.32. The molecule has 0 bridgehead atoms. The number of hydrogen-bond acceptors (Lipinski definition) is 3. The smallest absolute Gasteiger partial charge is 0.263 e. The van der Waals surface area contributed by atoms with Gasteiger partial charge in [0.1, 0.15) is 10.0 Å². The summed E-state index contributed by atoms with van der Waals surface area (Å²) < 4.78 is 28.8. The molecule has 1 heterocycles. The molecular formula is C11H6Br3ClN2O2S. The first-order chi connectivity index (χ1) is 9.29. The maximum Gasteiger partial charge on any atom is 0.263 e. The average Bonchev–Trinajstić information content (AvgIpc) is 2.33.